The summed E-state index contributed by atoms with van der Waals surface area (Å²) in [4.78, 5) is 5.68. The summed E-state index contributed by atoms with van der Waals surface area (Å²) in [5.41, 5.74) is 7.54. The van der Waals surface area contributed by atoms with Crippen LogP contribution in [-0.2, 0) is 13.0 Å². The van der Waals surface area contributed by atoms with E-state index in [-0.39, 0.29) is 6.04 Å². The lowest BCUT2D eigenvalue weighted by Gasteiger charge is -2.12. The molecular weight excluding hydrogens is 230 g/mol. The zero-order valence-electron chi connectivity index (χ0n) is 10.4. The largest absolute Gasteiger partial charge is 0.335 e. The SMILES string of the molecule is CCCn1ccnc1CC(N)c1sccc1C. The number of hydrogen-bond donors (Lipinski definition) is 1. The zero-order chi connectivity index (χ0) is 12.3. The molecule has 0 fully saturated rings. The molecule has 92 valence electrons. The average molecular weight is 249 g/mol. The van der Waals surface area contributed by atoms with E-state index < -0.39 is 0 Å². The number of hydrogen-bond acceptors (Lipinski definition) is 3. The summed E-state index contributed by atoms with van der Waals surface area (Å²) < 4.78 is 2.20. The molecule has 4 heteroatoms. The van der Waals surface area contributed by atoms with Crippen molar-refractivity contribution >= 4 is 11.3 Å². The molecule has 0 aliphatic heterocycles. The minimum Gasteiger partial charge on any atom is -0.335 e. The number of rotatable bonds is 5. The van der Waals surface area contributed by atoms with Crippen LogP contribution in [0.25, 0.3) is 0 Å². The van der Waals surface area contributed by atoms with Gasteiger partial charge in [-0.15, -0.1) is 11.3 Å². The molecular formula is C13H19N3S. The van der Waals surface area contributed by atoms with Gasteiger partial charge in [-0.2, -0.15) is 0 Å². The molecule has 2 aromatic heterocycles. The molecule has 0 saturated carbocycles. The molecule has 1 unspecified atom stereocenters. The molecule has 2 rings (SSSR count). The fraction of sp³-hybridized carbons (Fsp3) is 0.462. The van der Waals surface area contributed by atoms with Crippen molar-refractivity contribution in [1.82, 2.24) is 9.55 Å². The second-order valence-electron chi connectivity index (χ2n) is 4.32. The topological polar surface area (TPSA) is 43.8 Å². The number of nitrogens with two attached hydrogens (primary N) is 1. The number of aryl methyl sites for hydroxylation is 2. The fourth-order valence-corrected chi connectivity index (χ4v) is 2.96. The molecule has 0 bridgehead atoms. The Morgan fingerprint density at radius 2 is 2.35 bits per heavy atom. The van der Waals surface area contributed by atoms with Gasteiger partial charge in [-0.3, -0.25) is 0 Å². The number of imidazole rings is 1. The first-order valence-corrected chi connectivity index (χ1v) is 6.90. The molecule has 3 nitrogen and oxygen atoms in total. The van der Waals surface area contributed by atoms with E-state index in [2.05, 4.69) is 34.8 Å². The molecule has 2 N–H and O–H groups in total. The standard InChI is InChI=1S/C13H19N3S/c1-3-6-16-7-5-15-12(16)9-11(14)13-10(2)4-8-17-13/h4-5,7-8,11H,3,6,9,14H2,1-2H3. The van der Waals surface area contributed by atoms with Crippen LogP contribution in [0.1, 0.15) is 35.7 Å². The average Bonchev–Trinajstić information content (AvgIpc) is 2.89. The van der Waals surface area contributed by atoms with Gasteiger partial charge in [0.1, 0.15) is 5.82 Å². The molecule has 2 aromatic rings. The maximum Gasteiger partial charge on any atom is 0.110 e. The lowest BCUT2D eigenvalue weighted by atomic mass is 10.1. The van der Waals surface area contributed by atoms with Crippen molar-refractivity contribution in [1.29, 1.82) is 0 Å². The third-order valence-corrected chi connectivity index (χ3v) is 4.06. The summed E-state index contributed by atoms with van der Waals surface area (Å²) in [6.45, 7) is 5.31. The predicted octanol–water partition coefficient (Wildman–Crippen LogP) is 2.91. The zero-order valence-corrected chi connectivity index (χ0v) is 11.2. The first kappa shape index (κ1) is 12.3. The van der Waals surface area contributed by atoms with Gasteiger partial charge in [0.05, 0.1) is 0 Å². The van der Waals surface area contributed by atoms with Crippen LogP contribution in [0.2, 0.25) is 0 Å². The normalized spacial score (nSPS) is 12.9. The quantitative estimate of drug-likeness (QED) is 0.885. The van der Waals surface area contributed by atoms with Gasteiger partial charge >= 0.3 is 0 Å². The van der Waals surface area contributed by atoms with Crippen molar-refractivity contribution in [2.75, 3.05) is 0 Å². The lowest BCUT2D eigenvalue weighted by Crippen LogP contribution is -2.16. The lowest BCUT2D eigenvalue weighted by molar-refractivity contribution is 0.601. The van der Waals surface area contributed by atoms with Crippen molar-refractivity contribution in [2.24, 2.45) is 5.73 Å². The number of thiophene rings is 1. The second kappa shape index (κ2) is 5.47. The smallest absolute Gasteiger partial charge is 0.110 e. The van der Waals surface area contributed by atoms with Gasteiger partial charge in [0.2, 0.25) is 0 Å². The molecule has 0 aromatic carbocycles. The van der Waals surface area contributed by atoms with Crippen LogP contribution in [0.15, 0.2) is 23.8 Å². The molecule has 0 aliphatic rings. The highest BCUT2D eigenvalue weighted by molar-refractivity contribution is 7.10. The first-order chi connectivity index (χ1) is 8.22. The summed E-state index contributed by atoms with van der Waals surface area (Å²) in [5.74, 6) is 1.09. The first-order valence-electron chi connectivity index (χ1n) is 6.02. The van der Waals surface area contributed by atoms with Gasteiger partial charge < -0.3 is 10.3 Å². The van der Waals surface area contributed by atoms with Crippen molar-refractivity contribution in [3.63, 3.8) is 0 Å². The van der Waals surface area contributed by atoms with Crippen LogP contribution in [0.3, 0.4) is 0 Å². The van der Waals surface area contributed by atoms with Gasteiger partial charge in [-0.1, -0.05) is 6.92 Å². The highest BCUT2D eigenvalue weighted by atomic mass is 32.1. The van der Waals surface area contributed by atoms with Gasteiger partial charge in [-0.25, -0.2) is 4.98 Å². The van der Waals surface area contributed by atoms with Crippen LogP contribution in [0.5, 0.6) is 0 Å². The molecule has 2 heterocycles. The van der Waals surface area contributed by atoms with E-state index in [4.69, 9.17) is 5.73 Å². The predicted molar refractivity (Wildman–Crippen MR) is 72.2 cm³/mol. The maximum atomic E-state index is 6.25. The Labute approximate surface area is 106 Å². The summed E-state index contributed by atoms with van der Waals surface area (Å²) in [5, 5.41) is 2.10. The highest BCUT2D eigenvalue weighted by Gasteiger charge is 2.13. The van der Waals surface area contributed by atoms with Gasteiger partial charge in [0.25, 0.3) is 0 Å². The Morgan fingerprint density at radius 3 is 3.00 bits per heavy atom. The van der Waals surface area contributed by atoms with E-state index in [9.17, 15) is 0 Å². The third kappa shape index (κ3) is 2.76. The number of aromatic nitrogens is 2. The van der Waals surface area contributed by atoms with Crippen LogP contribution in [0.4, 0.5) is 0 Å². The molecule has 0 saturated heterocycles. The van der Waals surface area contributed by atoms with Gasteiger partial charge in [-0.05, 0) is 30.4 Å². The van der Waals surface area contributed by atoms with Crippen LogP contribution in [0, 0.1) is 6.92 Å². The monoisotopic (exact) mass is 249 g/mol. The van der Waals surface area contributed by atoms with Crippen LogP contribution < -0.4 is 5.73 Å². The number of nitrogens with zero attached hydrogens (tertiary/aromatic N) is 2. The van der Waals surface area contributed by atoms with Crippen molar-refractivity contribution in [3.05, 3.63) is 40.1 Å². The minimum absolute atomic E-state index is 0.0630. The minimum atomic E-state index is 0.0630. The van der Waals surface area contributed by atoms with E-state index >= 15 is 0 Å². The molecule has 0 aliphatic carbocycles. The summed E-state index contributed by atoms with van der Waals surface area (Å²) in [6, 6.07) is 2.19. The fourth-order valence-electron chi connectivity index (χ4n) is 2.03. The Kier molecular flexibility index (Phi) is 3.97. The second-order valence-corrected chi connectivity index (χ2v) is 5.26. The van der Waals surface area contributed by atoms with E-state index in [0.717, 1.165) is 25.2 Å². The molecule has 1 atom stereocenters. The van der Waals surface area contributed by atoms with Gasteiger partial charge in [0, 0.05) is 36.3 Å². The molecule has 17 heavy (non-hydrogen) atoms. The summed E-state index contributed by atoms with van der Waals surface area (Å²) >= 11 is 1.74. The van der Waals surface area contributed by atoms with Crippen LogP contribution >= 0.6 is 11.3 Å². The molecule has 0 amide bonds. The Morgan fingerprint density at radius 1 is 1.53 bits per heavy atom. The summed E-state index contributed by atoms with van der Waals surface area (Å²) in [7, 11) is 0. The third-order valence-electron chi connectivity index (χ3n) is 2.91. The Hall–Kier alpha value is -1.13. The maximum absolute atomic E-state index is 6.25. The Balaban J connectivity index is 2.10. The molecule has 0 radical (unpaired) electrons. The van der Waals surface area contributed by atoms with E-state index in [1.165, 1.54) is 10.4 Å². The van der Waals surface area contributed by atoms with Crippen molar-refractivity contribution in [2.45, 2.75) is 39.3 Å². The van der Waals surface area contributed by atoms with Crippen LogP contribution in [-0.4, -0.2) is 9.55 Å². The Bertz CT molecular complexity index is 472. The van der Waals surface area contributed by atoms with E-state index in [1.54, 1.807) is 11.3 Å². The van der Waals surface area contributed by atoms with Gasteiger partial charge in [0.15, 0.2) is 0 Å². The van der Waals surface area contributed by atoms with Crippen molar-refractivity contribution in [3.8, 4) is 0 Å². The van der Waals surface area contributed by atoms with E-state index in [1.807, 2.05) is 12.4 Å². The highest BCUT2D eigenvalue weighted by Crippen LogP contribution is 2.24. The van der Waals surface area contributed by atoms with Crippen molar-refractivity contribution < 1.29 is 0 Å². The summed E-state index contributed by atoms with van der Waals surface area (Å²) in [6.07, 6.45) is 5.83. The molecule has 0 spiro atoms. The van der Waals surface area contributed by atoms with E-state index in [0.29, 0.717) is 0 Å².